The molecule has 0 aliphatic heterocycles. The van der Waals surface area contributed by atoms with E-state index in [4.69, 9.17) is 0 Å². The number of amides is 1. The average Bonchev–Trinajstić information content (AvgIpc) is 3.10. The Hall–Kier alpha value is -3.16. The van der Waals surface area contributed by atoms with Gasteiger partial charge >= 0.3 is 0 Å². The molecule has 172 valence electrons. The van der Waals surface area contributed by atoms with Crippen LogP contribution < -0.4 is 10.0 Å². The van der Waals surface area contributed by atoms with E-state index in [-0.39, 0.29) is 16.8 Å². The second kappa shape index (κ2) is 9.37. The average molecular weight is 464 g/mol. The Morgan fingerprint density at radius 1 is 0.939 bits per heavy atom. The Morgan fingerprint density at radius 2 is 1.64 bits per heavy atom. The summed E-state index contributed by atoms with van der Waals surface area (Å²) in [6, 6.07) is 20.8. The minimum absolute atomic E-state index is 0.0771. The fourth-order valence-electron chi connectivity index (χ4n) is 4.17. The maximum Gasteiger partial charge on any atom is 0.240 e. The maximum absolute atomic E-state index is 12.6. The van der Waals surface area contributed by atoms with Crippen LogP contribution in [0, 0.1) is 0 Å². The van der Waals surface area contributed by atoms with E-state index in [0.717, 1.165) is 28.7 Å². The third-order valence-electron chi connectivity index (χ3n) is 5.64. The van der Waals surface area contributed by atoms with Crippen molar-refractivity contribution in [1.82, 2.24) is 9.29 Å². The van der Waals surface area contributed by atoms with E-state index >= 15 is 0 Å². The highest BCUT2D eigenvalue weighted by atomic mass is 32.2. The quantitative estimate of drug-likeness (QED) is 0.383. The van der Waals surface area contributed by atoms with Crippen molar-refractivity contribution in [3.05, 3.63) is 72.3 Å². The molecule has 0 spiro atoms. The fraction of sp³-hybridized carbons (Fsp3) is 0.269. The highest BCUT2D eigenvalue weighted by molar-refractivity contribution is 7.89. The summed E-state index contributed by atoms with van der Waals surface area (Å²) in [7, 11) is -3.51. The van der Waals surface area contributed by atoms with Gasteiger partial charge in [0.1, 0.15) is 0 Å². The molecule has 0 aliphatic rings. The SMILES string of the molecule is CCn1c2ccccc2c2cc(NC(=O)CCc3ccc(S(=O)(=O)NC(C)C)cc3)ccc21. The van der Waals surface area contributed by atoms with Crippen LogP contribution in [0.3, 0.4) is 0 Å². The molecule has 1 aromatic heterocycles. The molecular formula is C26H29N3O3S. The summed E-state index contributed by atoms with van der Waals surface area (Å²) in [5, 5.41) is 5.30. The molecule has 6 nitrogen and oxygen atoms in total. The molecule has 0 bridgehead atoms. The first-order chi connectivity index (χ1) is 15.8. The van der Waals surface area contributed by atoms with Crippen molar-refractivity contribution < 1.29 is 13.2 Å². The van der Waals surface area contributed by atoms with E-state index < -0.39 is 10.0 Å². The van der Waals surface area contributed by atoms with E-state index in [1.54, 1.807) is 38.1 Å². The predicted molar refractivity (Wildman–Crippen MR) is 134 cm³/mol. The van der Waals surface area contributed by atoms with Gasteiger partial charge in [-0.05, 0) is 69.2 Å². The first-order valence-corrected chi connectivity index (χ1v) is 12.7. The van der Waals surface area contributed by atoms with Crippen LogP contribution in [0.25, 0.3) is 21.8 Å². The van der Waals surface area contributed by atoms with Gasteiger partial charge in [0.15, 0.2) is 0 Å². The zero-order chi connectivity index (χ0) is 23.6. The van der Waals surface area contributed by atoms with Crippen LogP contribution in [0.4, 0.5) is 5.69 Å². The van der Waals surface area contributed by atoms with Crippen molar-refractivity contribution >= 4 is 43.4 Å². The largest absolute Gasteiger partial charge is 0.341 e. The van der Waals surface area contributed by atoms with Gasteiger partial charge in [-0.1, -0.05) is 30.3 Å². The lowest BCUT2D eigenvalue weighted by Gasteiger charge is -2.10. The number of aromatic nitrogens is 1. The van der Waals surface area contributed by atoms with E-state index in [0.29, 0.717) is 12.8 Å². The third-order valence-corrected chi connectivity index (χ3v) is 7.31. The number of anilines is 1. The van der Waals surface area contributed by atoms with Crippen LogP contribution in [0.1, 0.15) is 32.8 Å². The van der Waals surface area contributed by atoms with Crippen molar-refractivity contribution in [2.75, 3.05) is 5.32 Å². The van der Waals surface area contributed by atoms with Gasteiger partial charge in [0.05, 0.1) is 4.90 Å². The minimum atomic E-state index is -3.51. The zero-order valence-electron chi connectivity index (χ0n) is 19.1. The van der Waals surface area contributed by atoms with E-state index in [1.165, 1.54) is 10.9 Å². The molecule has 2 N–H and O–H groups in total. The molecule has 1 heterocycles. The van der Waals surface area contributed by atoms with E-state index in [9.17, 15) is 13.2 Å². The number of carbonyl (C=O) groups excluding carboxylic acids is 1. The Labute approximate surface area is 194 Å². The lowest BCUT2D eigenvalue weighted by molar-refractivity contribution is -0.116. The van der Waals surface area contributed by atoms with Crippen LogP contribution in [0.15, 0.2) is 71.6 Å². The Balaban J connectivity index is 1.43. The highest BCUT2D eigenvalue weighted by Gasteiger charge is 2.15. The molecule has 0 saturated carbocycles. The van der Waals surface area contributed by atoms with Crippen molar-refractivity contribution in [2.24, 2.45) is 0 Å². The van der Waals surface area contributed by atoms with Crippen LogP contribution in [-0.4, -0.2) is 24.9 Å². The summed E-state index contributed by atoms with van der Waals surface area (Å²) < 4.78 is 29.3. The smallest absolute Gasteiger partial charge is 0.240 e. The summed E-state index contributed by atoms with van der Waals surface area (Å²) in [5.41, 5.74) is 4.02. The third kappa shape index (κ3) is 4.94. The molecule has 0 saturated heterocycles. The Kier molecular flexibility index (Phi) is 6.54. The molecule has 0 radical (unpaired) electrons. The summed E-state index contributed by atoms with van der Waals surface area (Å²) in [5.74, 6) is -0.0771. The second-order valence-corrected chi connectivity index (χ2v) is 10.2. The van der Waals surface area contributed by atoms with Gasteiger partial charge in [-0.2, -0.15) is 0 Å². The minimum Gasteiger partial charge on any atom is -0.341 e. The zero-order valence-corrected chi connectivity index (χ0v) is 19.9. The maximum atomic E-state index is 12.6. The van der Waals surface area contributed by atoms with Gasteiger partial charge in [-0.3, -0.25) is 4.79 Å². The van der Waals surface area contributed by atoms with Gasteiger partial charge in [0, 0.05) is 46.5 Å². The topological polar surface area (TPSA) is 80.2 Å². The number of nitrogens with one attached hydrogen (secondary N) is 2. The van der Waals surface area contributed by atoms with Crippen LogP contribution in [0.2, 0.25) is 0 Å². The second-order valence-electron chi connectivity index (χ2n) is 8.46. The number of rotatable bonds is 8. The van der Waals surface area contributed by atoms with Crippen LogP contribution in [0.5, 0.6) is 0 Å². The van der Waals surface area contributed by atoms with Gasteiger partial charge < -0.3 is 9.88 Å². The number of para-hydroxylation sites is 1. The van der Waals surface area contributed by atoms with Gasteiger partial charge in [0.2, 0.25) is 15.9 Å². The number of sulfonamides is 1. The number of nitrogens with zero attached hydrogens (tertiary/aromatic N) is 1. The molecule has 33 heavy (non-hydrogen) atoms. The first kappa shape index (κ1) is 23.0. The number of fused-ring (bicyclic) bond motifs is 3. The number of benzene rings is 3. The number of hydrogen-bond donors (Lipinski definition) is 2. The first-order valence-electron chi connectivity index (χ1n) is 11.2. The fourth-order valence-corrected chi connectivity index (χ4v) is 5.42. The van der Waals surface area contributed by atoms with E-state index in [1.807, 2.05) is 24.3 Å². The number of carbonyl (C=O) groups is 1. The normalized spacial score (nSPS) is 12.0. The van der Waals surface area contributed by atoms with Crippen LogP contribution in [-0.2, 0) is 27.8 Å². The molecule has 4 rings (SSSR count). The summed E-state index contributed by atoms with van der Waals surface area (Å²) >= 11 is 0. The summed E-state index contributed by atoms with van der Waals surface area (Å²) in [6.45, 7) is 6.57. The molecule has 3 aromatic carbocycles. The van der Waals surface area contributed by atoms with Crippen molar-refractivity contribution in [3.63, 3.8) is 0 Å². The molecule has 0 unspecified atom stereocenters. The lowest BCUT2D eigenvalue weighted by Crippen LogP contribution is -2.30. The molecular weight excluding hydrogens is 434 g/mol. The van der Waals surface area contributed by atoms with Gasteiger partial charge in [-0.15, -0.1) is 0 Å². The van der Waals surface area contributed by atoms with Crippen molar-refractivity contribution in [1.29, 1.82) is 0 Å². The standard InChI is InChI=1S/C26H29N3O3S/c1-4-29-24-8-6-5-7-22(24)23-17-20(12-15-25(23)29)27-26(30)16-11-19-9-13-21(14-10-19)33(31,32)28-18(2)3/h5-10,12-15,17-18,28H,4,11,16H2,1-3H3,(H,27,30). The molecule has 7 heteroatoms. The van der Waals surface area contributed by atoms with Crippen molar-refractivity contribution in [2.45, 2.75) is 51.1 Å². The Morgan fingerprint density at radius 3 is 2.33 bits per heavy atom. The summed E-state index contributed by atoms with van der Waals surface area (Å²) in [4.78, 5) is 12.8. The van der Waals surface area contributed by atoms with Crippen LogP contribution >= 0.6 is 0 Å². The monoisotopic (exact) mass is 463 g/mol. The molecule has 1 amide bonds. The molecule has 0 fully saturated rings. The Bertz CT molecular complexity index is 1400. The lowest BCUT2D eigenvalue weighted by atomic mass is 10.1. The number of hydrogen-bond acceptors (Lipinski definition) is 3. The highest BCUT2D eigenvalue weighted by Crippen LogP contribution is 2.31. The summed E-state index contributed by atoms with van der Waals surface area (Å²) in [6.07, 6.45) is 0.840. The molecule has 0 atom stereocenters. The van der Waals surface area contributed by atoms with E-state index in [2.05, 4.69) is 39.7 Å². The number of aryl methyl sites for hydroxylation is 2. The predicted octanol–water partition coefficient (Wildman–Crippen LogP) is 5.07. The van der Waals surface area contributed by atoms with Crippen molar-refractivity contribution in [3.8, 4) is 0 Å². The van der Waals surface area contributed by atoms with Gasteiger partial charge in [0.25, 0.3) is 0 Å². The molecule has 4 aromatic rings. The molecule has 0 aliphatic carbocycles. The van der Waals surface area contributed by atoms with Gasteiger partial charge in [-0.25, -0.2) is 13.1 Å².